The number of nitrogens with one attached hydrogen (secondary N) is 2. The fraction of sp³-hybridized carbons (Fsp3) is 0.455. The van der Waals surface area contributed by atoms with Crippen LogP contribution in [0.5, 0.6) is 5.75 Å². The van der Waals surface area contributed by atoms with Gasteiger partial charge in [0.15, 0.2) is 5.75 Å². The molecule has 0 bridgehead atoms. The van der Waals surface area contributed by atoms with Crippen LogP contribution in [0, 0.1) is 0 Å². The van der Waals surface area contributed by atoms with Crippen molar-refractivity contribution < 1.29 is 13.2 Å². The highest BCUT2D eigenvalue weighted by atomic mass is 79.9. The molecule has 0 fully saturated rings. The quantitative estimate of drug-likeness (QED) is 0.681. The van der Waals surface area contributed by atoms with Crippen LogP contribution in [0.4, 0.5) is 0 Å². The molecule has 0 heterocycles. The predicted octanol–water partition coefficient (Wildman–Crippen LogP) is 2.42. The summed E-state index contributed by atoms with van der Waals surface area (Å²) in [5.41, 5.74) is 0. The molecule has 0 aliphatic rings. The summed E-state index contributed by atoms with van der Waals surface area (Å²) in [5, 5.41) is 3.27. The van der Waals surface area contributed by atoms with Crippen molar-refractivity contribution in [3.8, 4) is 5.75 Å². The Hall–Kier alpha value is -0.0500. The second-order valence-corrected chi connectivity index (χ2v) is 6.80. The van der Waals surface area contributed by atoms with Gasteiger partial charge in [-0.3, -0.25) is 0 Å². The maximum absolute atomic E-state index is 12.2. The topological polar surface area (TPSA) is 67.4 Å². The molecule has 0 radical (unpaired) electrons. The van der Waals surface area contributed by atoms with E-state index in [-0.39, 0.29) is 23.1 Å². The van der Waals surface area contributed by atoms with E-state index in [4.69, 9.17) is 16.3 Å². The van der Waals surface area contributed by atoms with E-state index in [0.717, 1.165) is 6.54 Å². The lowest BCUT2D eigenvalue weighted by atomic mass is 10.3. The zero-order chi connectivity index (χ0) is 14.5. The van der Waals surface area contributed by atoms with Crippen LogP contribution in [0.1, 0.15) is 6.42 Å². The van der Waals surface area contributed by atoms with Gasteiger partial charge in [-0.2, -0.15) is 0 Å². The van der Waals surface area contributed by atoms with Gasteiger partial charge in [-0.1, -0.05) is 11.6 Å². The van der Waals surface area contributed by atoms with E-state index in [9.17, 15) is 8.42 Å². The summed E-state index contributed by atoms with van der Waals surface area (Å²) >= 11 is 9.11. The Morgan fingerprint density at radius 2 is 2.00 bits per heavy atom. The summed E-state index contributed by atoms with van der Waals surface area (Å²) < 4.78 is 32.5. The molecule has 5 nitrogen and oxygen atoms in total. The fourth-order valence-electron chi connectivity index (χ4n) is 1.48. The third-order valence-corrected chi connectivity index (χ3v) is 4.64. The molecule has 2 N–H and O–H groups in total. The van der Waals surface area contributed by atoms with Crippen LogP contribution >= 0.6 is 39.9 Å². The second-order valence-electron chi connectivity index (χ2n) is 3.77. The number of hydrogen-bond acceptors (Lipinski definition) is 4. The molecule has 0 aliphatic heterocycles. The van der Waals surface area contributed by atoms with Gasteiger partial charge in [-0.15, -0.1) is 12.4 Å². The summed E-state index contributed by atoms with van der Waals surface area (Å²) in [6, 6.07) is 2.95. The van der Waals surface area contributed by atoms with Gasteiger partial charge < -0.3 is 10.1 Å². The maximum Gasteiger partial charge on any atom is 0.244 e. The number of halogens is 3. The molecule has 1 aromatic carbocycles. The van der Waals surface area contributed by atoms with E-state index in [1.165, 1.54) is 13.2 Å². The van der Waals surface area contributed by atoms with E-state index < -0.39 is 10.0 Å². The number of hydrogen-bond donors (Lipinski definition) is 2. The zero-order valence-electron chi connectivity index (χ0n) is 11.1. The number of sulfonamides is 1. The van der Waals surface area contributed by atoms with Crippen LogP contribution in [-0.2, 0) is 10.0 Å². The van der Waals surface area contributed by atoms with Crippen molar-refractivity contribution in [3.63, 3.8) is 0 Å². The van der Waals surface area contributed by atoms with Gasteiger partial charge in [0.1, 0.15) is 4.90 Å². The average Bonchev–Trinajstić information content (AvgIpc) is 2.34. The third kappa shape index (κ3) is 5.38. The van der Waals surface area contributed by atoms with Crippen molar-refractivity contribution in [1.29, 1.82) is 0 Å². The lowest BCUT2D eigenvalue weighted by Gasteiger charge is -2.12. The average molecular weight is 408 g/mol. The molecule has 0 saturated heterocycles. The molecule has 0 spiro atoms. The molecular weight excluding hydrogens is 391 g/mol. The van der Waals surface area contributed by atoms with Crippen molar-refractivity contribution in [2.75, 3.05) is 27.2 Å². The van der Waals surface area contributed by atoms with E-state index in [1.807, 2.05) is 7.05 Å². The Labute approximate surface area is 139 Å². The highest BCUT2D eigenvalue weighted by Gasteiger charge is 2.21. The monoisotopic (exact) mass is 406 g/mol. The third-order valence-electron chi connectivity index (χ3n) is 2.36. The molecular formula is C11H17BrCl2N2O3S. The summed E-state index contributed by atoms with van der Waals surface area (Å²) in [4.78, 5) is 0.0267. The summed E-state index contributed by atoms with van der Waals surface area (Å²) in [6.07, 6.45) is 0.694. The first-order chi connectivity index (χ1) is 8.92. The molecule has 0 unspecified atom stereocenters. The minimum Gasteiger partial charge on any atom is -0.494 e. The molecule has 20 heavy (non-hydrogen) atoms. The summed E-state index contributed by atoms with van der Waals surface area (Å²) in [7, 11) is -0.424. The van der Waals surface area contributed by atoms with Gasteiger partial charge in [-0.05, 0) is 48.1 Å². The number of rotatable bonds is 7. The molecule has 0 aromatic heterocycles. The maximum atomic E-state index is 12.2. The summed E-state index contributed by atoms with van der Waals surface area (Å²) in [5.74, 6) is 0.241. The van der Waals surface area contributed by atoms with E-state index in [0.29, 0.717) is 22.5 Å². The fourth-order valence-corrected chi connectivity index (χ4v) is 3.94. The van der Waals surface area contributed by atoms with Crippen molar-refractivity contribution in [2.24, 2.45) is 0 Å². The van der Waals surface area contributed by atoms with Gasteiger partial charge in [0.2, 0.25) is 10.0 Å². The molecule has 1 aromatic rings. The Bertz CT molecular complexity index is 541. The van der Waals surface area contributed by atoms with Gasteiger partial charge in [0.05, 0.1) is 11.6 Å². The van der Waals surface area contributed by atoms with E-state index in [2.05, 4.69) is 26.0 Å². The van der Waals surface area contributed by atoms with Gasteiger partial charge >= 0.3 is 0 Å². The largest absolute Gasteiger partial charge is 0.494 e. The smallest absolute Gasteiger partial charge is 0.244 e. The molecule has 0 amide bonds. The van der Waals surface area contributed by atoms with Crippen molar-refractivity contribution in [2.45, 2.75) is 11.3 Å². The van der Waals surface area contributed by atoms with Crippen molar-refractivity contribution >= 4 is 50.0 Å². The first kappa shape index (κ1) is 19.9. The van der Waals surface area contributed by atoms with Crippen LogP contribution in [-0.4, -0.2) is 35.7 Å². The van der Waals surface area contributed by atoms with Gasteiger partial charge in [0, 0.05) is 11.6 Å². The number of methoxy groups -OCH3 is 1. The Morgan fingerprint density at radius 1 is 1.35 bits per heavy atom. The van der Waals surface area contributed by atoms with Crippen LogP contribution in [0.3, 0.4) is 0 Å². The number of benzene rings is 1. The van der Waals surface area contributed by atoms with Gasteiger partial charge in [0.25, 0.3) is 0 Å². The second kappa shape index (κ2) is 9.07. The predicted molar refractivity (Wildman–Crippen MR) is 86.7 cm³/mol. The number of ether oxygens (including phenoxy) is 1. The Morgan fingerprint density at radius 3 is 2.55 bits per heavy atom. The van der Waals surface area contributed by atoms with Crippen LogP contribution in [0.15, 0.2) is 21.5 Å². The minimum absolute atomic E-state index is 0. The van der Waals surface area contributed by atoms with Gasteiger partial charge in [-0.25, -0.2) is 13.1 Å². The molecule has 1 rings (SSSR count). The minimum atomic E-state index is -3.65. The lowest BCUT2D eigenvalue weighted by Crippen LogP contribution is -2.27. The SMILES string of the molecule is CNCCCNS(=O)(=O)c1cc(Cl)cc(Br)c1OC.Cl. The highest BCUT2D eigenvalue weighted by molar-refractivity contribution is 9.10. The first-order valence-corrected chi connectivity index (χ1v) is 8.25. The van der Waals surface area contributed by atoms with Crippen LogP contribution < -0.4 is 14.8 Å². The molecule has 9 heteroatoms. The highest BCUT2D eigenvalue weighted by Crippen LogP contribution is 2.35. The zero-order valence-corrected chi connectivity index (χ0v) is 15.0. The molecule has 116 valence electrons. The molecule has 0 atom stereocenters. The van der Waals surface area contributed by atoms with Crippen molar-refractivity contribution in [1.82, 2.24) is 10.0 Å². The van der Waals surface area contributed by atoms with E-state index >= 15 is 0 Å². The van der Waals surface area contributed by atoms with Crippen molar-refractivity contribution in [3.05, 3.63) is 21.6 Å². The van der Waals surface area contributed by atoms with E-state index in [1.54, 1.807) is 6.07 Å². The Balaban J connectivity index is 0.00000361. The molecule has 0 saturated carbocycles. The Kier molecular flexibility index (Phi) is 9.04. The summed E-state index contributed by atoms with van der Waals surface area (Å²) in [6.45, 7) is 1.08. The van der Waals surface area contributed by atoms with Crippen LogP contribution in [0.2, 0.25) is 5.02 Å². The molecule has 0 aliphatic carbocycles. The normalized spacial score (nSPS) is 11.0. The standard InChI is InChI=1S/C11H16BrClN2O3S.ClH/c1-14-4-3-5-15-19(16,17)10-7-8(13)6-9(12)11(10)18-2;/h6-7,14-15H,3-5H2,1-2H3;1H. The first-order valence-electron chi connectivity index (χ1n) is 5.59. The lowest BCUT2D eigenvalue weighted by molar-refractivity contribution is 0.399. The van der Waals surface area contributed by atoms with Crippen LogP contribution in [0.25, 0.3) is 0 Å².